The minimum absolute atomic E-state index is 0.0893. The summed E-state index contributed by atoms with van der Waals surface area (Å²) in [7, 11) is 0. The lowest BCUT2D eigenvalue weighted by atomic mass is 10.2. The van der Waals surface area contributed by atoms with Gasteiger partial charge in [0.05, 0.1) is 11.0 Å². The molecule has 0 fully saturated rings. The maximum absolute atomic E-state index is 12.0. The number of nitro groups is 1. The third-order valence-corrected chi connectivity index (χ3v) is 3.13. The predicted molar refractivity (Wildman–Crippen MR) is 86.2 cm³/mol. The molecular weight excluding hydrogens is 314 g/mol. The molecule has 0 saturated carbocycles. The first-order chi connectivity index (χ1) is 11.4. The monoisotopic (exact) mass is 331 g/mol. The Kier molecular flexibility index (Phi) is 5.43. The quantitative estimate of drug-likeness (QED) is 0.619. The number of rotatable bonds is 6. The van der Waals surface area contributed by atoms with Gasteiger partial charge >= 0.3 is 0 Å². The lowest BCUT2D eigenvalue weighted by molar-refractivity contribution is -0.385. The van der Waals surface area contributed by atoms with Crippen molar-refractivity contribution in [3.63, 3.8) is 0 Å². The molecule has 8 heteroatoms. The summed E-state index contributed by atoms with van der Waals surface area (Å²) < 4.78 is 5.55. The highest BCUT2D eigenvalue weighted by atomic mass is 16.6. The van der Waals surface area contributed by atoms with E-state index in [2.05, 4.69) is 10.3 Å². The fourth-order valence-corrected chi connectivity index (χ4v) is 1.93. The van der Waals surface area contributed by atoms with Crippen LogP contribution >= 0.6 is 0 Å². The van der Waals surface area contributed by atoms with Crippen LogP contribution in [0, 0.1) is 17.0 Å². The second-order valence-electron chi connectivity index (χ2n) is 5.26. The first kappa shape index (κ1) is 17.4. The molecule has 0 aliphatic heterocycles. The number of aliphatic hydroxyl groups is 1. The molecule has 0 aliphatic rings. The first-order valence-corrected chi connectivity index (χ1v) is 7.22. The van der Waals surface area contributed by atoms with Crippen molar-refractivity contribution >= 4 is 11.6 Å². The number of amides is 1. The number of ether oxygens (including phenoxy) is 1. The number of aromatic nitrogens is 1. The Morgan fingerprint density at radius 2 is 2.21 bits per heavy atom. The highest BCUT2D eigenvalue weighted by molar-refractivity contribution is 5.94. The molecule has 2 N–H and O–H groups in total. The van der Waals surface area contributed by atoms with Gasteiger partial charge in [0.25, 0.3) is 11.6 Å². The largest absolute Gasteiger partial charge is 0.439 e. The predicted octanol–water partition coefficient (Wildman–Crippen LogP) is 2.20. The van der Waals surface area contributed by atoms with Gasteiger partial charge in [0.1, 0.15) is 11.9 Å². The van der Waals surface area contributed by atoms with Crippen molar-refractivity contribution in [1.82, 2.24) is 10.3 Å². The van der Waals surface area contributed by atoms with E-state index < -0.39 is 11.0 Å². The fraction of sp³-hybridized carbons (Fsp3) is 0.250. The number of pyridine rings is 1. The second-order valence-corrected chi connectivity index (χ2v) is 5.26. The second kappa shape index (κ2) is 7.51. The van der Waals surface area contributed by atoms with E-state index in [-0.39, 0.29) is 24.0 Å². The highest BCUT2D eigenvalue weighted by Crippen LogP contribution is 2.25. The van der Waals surface area contributed by atoms with Gasteiger partial charge in [-0.05, 0) is 32.0 Å². The van der Waals surface area contributed by atoms with Crippen LogP contribution in [0.15, 0.2) is 36.5 Å². The molecule has 1 aromatic heterocycles. The average molecular weight is 331 g/mol. The van der Waals surface area contributed by atoms with E-state index in [1.807, 2.05) is 0 Å². The van der Waals surface area contributed by atoms with E-state index in [0.717, 1.165) is 6.20 Å². The third-order valence-electron chi connectivity index (χ3n) is 3.13. The Morgan fingerprint density at radius 1 is 1.46 bits per heavy atom. The summed E-state index contributed by atoms with van der Waals surface area (Å²) in [6, 6.07) is 7.88. The molecule has 126 valence electrons. The smallest absolute Gasteiger partial charge is 0.290 e. The average Bonchev–Trinajstić information content (AvgIpc) is 2.52. The standard InChI is InChI=1S/C16H17N3O5/c1-10-6-15(17-9-14(10)19(22)23)24-13-5-3-4-12(7-13)16(21)18-8-11(2)20/h3-7,9,11,20H,8H2,1-2H3,(H,18,21). The van der Waals surface area contributed by atoms with E-state index in [9.17, 15) is 20.0 Å². The molecule has 1 atom stereocenters. The number of carbonyl (C=O) groups excluding carboxylic acids is 1. The minimum Gasteiger partial charge on any atom is -0.439 e. The molecule has 0 spiro atoms. The van der Waals surface area contributed by atoms with E-state index in [0.29, 0.717) is 16.9 Å². The van der Waals surface area contributed by atoms with Crippen molar-refractivity contribution in [2.75, 3.05) is 6.54 Å². The maximum atomic E-state index is 12.0. The summed E-state index contributed by atoms with van der Waals surface area (Å²) >= 11 is 0. The van der Waals surface area contributed by atoms with Gasteiger partial charge in [-0.2, -0.15) is 0 Å². The van der Waals surface area contributed by atoms with Gasteiger partial charge in [-0.3, -0.25) is 14.9 Å². The van der Waals surface area contributed by atoms with E-state index in [4.69, 9.17) is 4.74 Å². The lowest BCUT2D eigenvalue weighted by Gasteiger charge is -2.09. The molecule has 2 rings (SSSR count). The van der Waals surface area contributed by atoms with Gasteiger partial charge in [0, 0.05) is 23.7 Å². The number of aryl methyl sites for hydroxylation is 1. The molecule has 8 nitrogen and oxygen atoms in total. The van der Waals surface area contributed by atoms with E-state index in [1.165, 1.54) is 12.1 Å². The number of nitrogens with one attached hydrogen (secondary N) is 1. The molecular formula is C16H17N3O5. The van der Waals surface area contributed by atoms with Gasteiger partial charge < -0.3 is 15.2 Å². The Balaban J connectivity index is 2.13. The van der Waals surface area contributed by atoms with E-state index >= 15 is 0 Å². The summed E-state index contributed by atoms with van der Waals surface area (Å²) in [6.07, 6.45) is 0.491. The van der Waals surface area contributed by atoms with Crippen LogP contribution in [-0.2, 0) is 0 Å². The number of benzene rings is 1. The molecule has 0 radical (unpaired) electrons. The number of nitrogens with zero attached hydrogens (tertiary/aromatic N) is 2. The lowest BCUT2D eigenvalue weighted by Crippen LogP contribution is -2.30. The summed E-state index contributed by atoms with van der Waals surface area (Å²) in [5, 5.41) is 22.6. The van der Waals surface area contributed by atoms with Crippen LogP contribution in [0.3, 0.4) is 0 Å². The Hall–Kier alpha value is -3.00. The molecule has 0 saturated heterocycles. The van der Waals surface area contributed by atoms with Crippen molar-refractivity contribution in [1.29, 1.82) is 0 Å². The van der Waals surface area contributed by atoms with Crippen molar-refractivity contribution in [3.05, 3.63) is 57.8 Å². The highest BCUT2D eigenvalue weighted by Gasteiger charge is 2.13. The third kappa shape index (κ3) is 4.50. The van der Waals surface area contributed by atoms with Crippen LogP contribution in [0.2, 0.25) is 0 Å². The van der Waals surface area contributed by atoms with Crippen molar-refractivity contribution in [2.45, 2.75) is 20.0 Å². The van der Waals surface area contributed by atoms with Crippen LogP contribution in [0.5, 0.6) is 11.6 Å². The fourth-order valence-electron chi connectivity index (χ4n) is 1.93. The molecule has 1 amide bonds. The maximum Gasteiger partial charge on any atom is 0.290 e. The van der Waals surface area contributed by atoms with Gasteiger partial charge in [0.15, 0.2) is 0 Å². The SMILES string of the molecule is Cc1cc(Oc2cccc(C(=O)NCC(C)O)c2)ncc1[N+](=O)[O-]. The van der Waals surface area contributed by atoms with Gasteiger partial charge in [-0.15, -0.1) is 0 Å². The molecule has 0 bridgehead atoms. The topological polar surface area (TPSA) is 115 Å². The summed E-state index contributed by atoms with van der Waals surface area (Å²) in [5.41, 5.74) is 0.705. The summed E-state index contributed by atoms with van der Waals surface area (Å²) in [4.78, 5) is 26.1. The zero-order chi connectivity index (χ0) is 17.7. The molecule has 2 aromatic rings. The normalized spacial score (nSPS) is 11.6. The zero-order valence-electron chi connectivity index (χ0n) is 13.2. The van der Waals surface area contributed by atoms with Gasteiger partial charge in [0.2, 0.25) is 5.88 Å². The zero-order valence-corrected chi connectivity index (χ0v) is 13.2. The number of carbonyl (C=O) groups is 1. The van der Waals surface area contributed by atoms with Crippen LogP contribution < -0.4 is 10.1 Å². The summed E-state index contributed by atoms with van der Waals surface area (Å²) in [5.74, 6) is 0.231. The van der Waals surface area contributed by atoms with Crippen LogP contribution in [0.4, 0.5) is 5.69 Å². The van der Waals surface area contributed by atoms with Crippen LogP contribution in [-0.4, -0.2) is 33.6 Å². The van der Waals surface area contributed by atoms with Crippen molar-refractivity contribution < 1.29 is 19.6 Å². The van der Waals surface area contributed by atoms with Crippen LogP contribution in [0.25, 0.3) is 0 Å². The molecule has 1 aromatic carbocycles. The Bertz CT molecular complexity index is 761. The van der Waals surface area contributed by atoms with Gasteiger partial charge in [-0.1, -0.05) is 6.07 Å². The first-order valence-electron chi connectivity index (χ1n) is 7.22. The molecule has 0 aliphatic carbocycles. The van der Waals surface area contributed by atoms with E-state index in [1.54, 1.807) is 32.0 Å². The van der Waals surface area contributed by atoms with Crippen LogP contribution in [0.1, 0.15) is 22.8 Å². The molecule has 24 heavy (non-hydrogen) atoms. The number of hydrogen-bond donors (Lipinski definition) is 2. The number of aliphatic hydroxyl groups excluding tert-OH is 1. The van der Waals surface area contributed by atoms with Crippen molar-refractivity contribution in [3.8, 4) is 11.6 Å². The Labute approximate surface area is 138 Å². The Morgan fingerprint density at radius 3 is 2.83 bits per heavy atom. The molecule has 1 heterocycles. The molecule has 1 unspecified atom stereocenters. The van der Waals surface area contributed by atoms with Crippen molar-refractivity contribution in [2.24, 2.45) is 0 Å². The number of hydrogen-bond acceptors (Lipinski definition) is 6. The minimum atomic E-state index is -0.638. The van der Waals surface area contributed by atoms with Gasteiger partial charge in [-0.25, -0.2) is 4.98 Å². The summed E-state index contributed by atoms with van der Waals surface area (Å²) in [6.45, 7) is 3.31.